The van der Waals surface area contributed by atoms with Crippen molar-refractivity contribution in [2.45, 2.75) is 25.7 Å². The molecule has 0 atom stereocenters. The van der Waals surface area contributed by atoms with Crippen molar-refractivity contribution in [3.05, 3.63) is 41.3 Å². The average Bonchev–Trinajstić information content (AvgIpc) is 3.04. The standard InChI is InChI=1S/C20H24N4O4S/c1-13-11-14(2)24-20(21-13)19(15(3)22-24)16-5-6-17(27-4)18(12-16)29(25,26)23-7-9-28-10-8-23/h5-6,11-12H,7-10H2,1-4H3. The van der Waals surface area contributed by atoms with Gasteiger partial charge >= 0.3 is 0 Å². The van der Waals surface area contributed by atoms with Gasteiger partial charge in [0.1, 0.15) is 10.6 Å². The van der Waals surface area contributed by atoms with Gasteiger partial charge in [0.25, 0.3) is 0 Å². The number of benzene rings is 1. The second kappa shape index (κ2) is 7.40. The van der Waals surface area contributed by atoms with Gasteiger partial charge in [0, 0.05) is 30.0 Å². The molecule has 0 unspecified atom stereocenters. The summed E-state index contributed by atoms with van der Waals surface area (Å²) in [5.74, 6) is 0.315. The molecule has 8 nitrogen and oxygen atoms in total. The van der Waals surface area contributed by atoms with Crippen LogP contribution < -0.4 is 4.74 Å². The number of rotatable bonds is 4. The van der Waals surface area contributed by atoms with Gasteiger partial charge in [0.05, 0.1) is 26.0 Å². The monoisotopic (exact) mass is 416 g/mol. The Morgan fingerprint density at radius 3 is 2.52 bits per heavy atom. The number of hydrogen-bond acceptors (Lipinski definition) is 6. The third-order valence-corrected chi connectivity index (χ3v) is 7.03. The molecule has 9 heteroatoms. The van der Waals surface area contributed by atoms with E-state index in [2.05, 4.69) is 10.1 Å². The summed E-state index contributed by atoms with van der Waals surface area (Å²) in [6, 6.07) is 7.16. The fourth-order valence-corrected chi connectivity index (χ4v) is 5.31. The van der Waals surface area contributed by atoms with Crippen LogP contribution in [0.2, 0.25) is 0 Å². The molecule has 2 aromatic heterocycles. The topological polar surface area (TPSA) is 86.0 Å². The molecule has 0 saturated carbocycles. The number of aryl methyl sites for hydroxylation is 3. The van der Waals surface area contributed by atoms with E-state index in [-0.39, 0.29) is 4.90 Å². The van der Waals surface area contributed by atoms with E-state index in [1.165, 1.54) is 11.4 Å². The number of sulfonamides is 1. The Bertz CT molecular complexity index is 1180. The van der Waals surface area contributed by atoms with E-state index in [0.717, 1.165) is 28.2 Å². The van der Waals surface area contributed by atoms with Gasteiger partial charge in [0.15, 0.2) is 5.65 Å². The fraction of sp³-hybridized carbons (Fsp3) is 0.400. The van der Waals surface area contributed by atoms with Crippen LogP contribution in [0.25, 0.3) is 16.8 Å². The minimum absolute atomic E-state index is 0.141. The number of morpholine rings is 1. The summed E-state index contributed by atoms with van der Waals surface area (Å²) in [6.07, 6.45) is 0. The van der Waals surface area contributed by atoms with Crippen LogP contribution in [0.1, 0.15) is 17.1 Å². The number of hydrogen-bond donors (Lipinski definition) is 0. The maximum atomic E-state index is 13.3. The van der Waals surface area contributed by atoms with Gasteiger partial charge in [-0.05, 0) is 44.5 Å². The zero-order valence-corrected chi connectivity index (χ0v) is 17.8. The van der Waals surface area contributed by atoms with Crippen molar-refractivity contribution in [2.24, 2.45) is 0 Å². The van der Waals surface area contributed by atoms with E-state index in [9.17, 15) is 8.42 Å². The Hall–Kier alpha value is -2.49. The molecule has 0 amide bonds. The molecule has 1 saturated heterocycles. The van der Waals surface area contributed by atoms with Crippen molar-refractivity contribution < 1.29 is 17.9 Å². The van der Waals surface area contributed by atoms with Gasteiger partial charge in [-0.15, -0.1) is 0 Å². The molecule has 154 valence electrons. The van der Waals surface area contributed by atoms with E-state index >= 15 is 0 Å². The first-order chi connectivity index (χ1) is 13.8. The Kier molecular flexibility index (Phi) is 5.05. The third kappa shape index (κ3) is 3.39. The van der Waals surface area contributed by atoms with Gasteiger partial charge in [0.2, 0.25) is 10.0 Å². The molecule has 4 rings (SSSR count). The first-order valence-corrected chi connectivity index (χ1v) is 10.9. The van der Waals surface area contributed by atoms with Gasteiger partial charge < -0.3 is 9.47 Å². The van der Waals surface area contributed by atoms with Crippen LogP contribution in [0.5, 0.6) is 5.75 Å². The van der Waals surface area contributed by atoms with Crippen LogP contribution in [0.15, 0.2) is 29.2 Å². The van der Waals surface area contributed by atoms with Crippen LogP contribution in [0, 0.1) is 20.8 Å². The molecule has 3 heterocycles. The third-order valence-electron chi connectivity index (χ3n) is 5.11. The fourth-order valence-electron chi connectivity index (χ4n) is 3.72. The maximum Gasteiger partial charge on any atom is 0.246 e. The van der Waals surface area contributed by atoms with Gasteiger partial charge in [-0.2, -0.15) is 9.40 Å². The lowest BCUT2D eigenvalue weighted by molar-refractivity contribution is 0.0729. The predicted octanol–water partition coefficient (Wildman–Crippen LogP) is 2.35. The lowest BCUT2D eigenvalue weighted by Gasteiger charge is -2.26. The smallest absolute Gasteiger partial charge is 0.246 e. The molecule has 1 aliphatic rings. The number of nitrogens with zero attached hydrogens (tertiary/aromatic N) is 4. The zero-order chi connectivity index (χ0) is 20.8. The molecular weight excluding hydrogens is 392 g/mol. The normalized spacial score (nSPS) is 15.7. The maximum absolute atomic E-state index is 13.3. The summed E-state index contributed by atoms with van der Waals surface area (Å²) in [7, 11) is -2.25. The highest BCUT2D eigenvalue weighted by Gasteiger charge is 2.30. The molecule has 0 bridgehead atoms. The molecule has 1 aliphatic heterocycles. The van der Waals surface area contributed by atoms with E-state index in [0.29, 0.717) is 37.7 Å². The largest absolute Gasteiger partial charge is 0.495 e. The van der Waals surface area contributed by atoms with Gasteiger partial charge in [-0.1, -0.05) is 6.07 Å². The van der Waals surface area contributed by atoms with E-state index in [1.807, 2.05) is 32.9 Å². The molecule has 1 aromatic carbocycles. The molecule has 0 N–H and O–H groups in total. The van der Waals surface area contributed by atoms with Crippen LogP contribution in [0.4, 0.5) is 0 Å². The molecular formula is C20H24N4O4S. The van der Waals surface area contributed by atoms with Crippen molar-refractivity contribution in [1.29, 1.82) is 0 Å². The molecule has 29 heavy (non-hydrogen) atoms. The Morgan fingerprint density at radius 2 is 1.83 bits per heavy atom. The minimum Gasteiger partial charge on any atom is -0.495 e. The highest BCUT2D eigenvalue weighted by atomic mass is 32.2. The van der Waals surface area contributed by atoms with Crippen molar-refractivity contribution in [3.63, 3.8) is 0 Å². The average molecular weight is 417 g/mol. The summed E-state index contributed by atoms with van der Waals surface area (Å²) in [5.41, 5.74) is 4.90. The Labute approximate surface area is 170 Å². The first kappa shape index (κ1) is 19.8. The number of aromatic nitrogens is 3. The molecule has 0 radical (unpaired) electrons. The second-order valence-electron chi connectivity index (χ2n) is 7.12. The minimum atomic E-state index is -3.72. The van der Waals surface area contributed by atoms with Crippen molar-refractivity contribution in [2.75, 3.05) is 33.4 Å². The number of ether oxygens (including phenoxy) is 2. The van der Waals surface area contributed by atoms with Crippen molar-refractivity contribution >= 4 is 15.7 Å². The summed E-state index contributed by atoms with van der Waals surface area (Å²) >= 11 is 0. The Balaban J connectivity index is 1.91. The lowest BCUT2D eigenvalue weighted by atomic mass is 10.1. The predicted molar refractivity (Wildman–Crippen MR) is 109 cm³/mol. The SMILES string of the molecule is COc1ccc(-c2c(C)nn3c(C)cc(C)nc23)cc1S(=O)(=O)N1CCOCC1. The highest BCUT2D eigenvalue weighted by Crippen LogP contribution is 2.35. The summed E-state index contributed by atoms with van der Waals surface area (Å²) < 4.78 is 40.5. The van der Waals surface area contributed by atoms with Crippen LogP contribution in [-0.4, -0.2) is 60.7 Å². The molecule has 1 fully saturated rings. The number of methoxy groups -OCH3 is 1. The number of fused-ring (bicyclic) bond motifs is 1. The quantitative estimate of drug-likeness (QED) is 0.649. The lowest BCUT2D eigenvalue weighted by Crippen LogP contribution is -2.40. The molecule has 0 aliphatic carbocycles. The van der Waals surface area contributed by atoms with E-state index in [4.69, 9.17) is 9.47 Å². The van der Waals surface area contributed by atoms with Crippen molar-refractivity contribution in [3.8, 4) is 16.9 Å². The van der Waals surface area contributed by atoms with E-state index in [1.54, 1.807) is 16.6 Å². The first-order valence-electron chi connectivity index (χ1n) is 9.43. The van der Waals surface area contributed by atoms with Gasteiger partial charge in [-0.3, -0.25) is 0 Å². The van der Waals surface area contributed by atoms with Crippen LogP contribution >= 0.6 is 0 Å². The highest BCUT2D eigenvalue weighted by molar-refractivity contribution is 7.89. The molecule has 0 spiro atoms. The van der Waals surface area contributed by atoms with Crippen molar-refractivity contribution in [1.82, 2.24) is 18.9 Å². The van der Waals surface area contributed by atoms with E-state index < -0.39 is 10.0 Å². The Morgan fingerprint density at radius 1 is 1.10 bits per heavy atom. The zero-order valence-electron chi connectivity index (χ0n) is 17.0. The summed E-state index contributed by atoms with van der Waals surface area (Å²) in [4.78, 5) is 4.79. The van der Waals surface area contributed by atoms with Gasteiger partial charge in [-0.25, -0.2) is 17.9 Å². The summed E-state index contributed by atoms with van der Waals surface area (Å²) in [6.45, 7) is 7.23. The van der Waals surface area contributed by atoms with Crippen LogP contribution in [0.3, 0.4) is 0 Å². The molecule has 3 aromatic rings. The second-order valence-corrected chi connectivity index (χ2v) is 9.02. The van der Waals surface area contributed by atoms with Crippen LogP contribution in [-0.2, 0) is 14.8 Å². The summed E-state index contributed by atoms with van der Waals surface area (Å²) in [5, 5.41) is 4.60.